The van der Waals surface area contributed by atoms with E-state index in [4.69, 9.17) is 133 Å². The molecule has 0 aromatic rings. The molecule has 35 nitrogen and oxygen atoms in total. The molecule has 21 rings (SSSR count). The molecular weight excluding hydrogens is 1230 g/mol. The van der Waals surface area contributed by atoms with Crippen LogP contribution in [0.4, 0.5) is 0 Å². The highest BCUT2D eigenvalue weighted by Crippen LogP contribution is 2.41. The first-order chi connectivity index (χ1) is 43.9. The molecule has 0 saturated carbocycles. The number of aliphatic hydroxyl groups excluding tert-OH is 7. The summed E-state index contributed by atoms with van der Waals surface area (Å²) in [5, 5.41) is 86.2. The van der Waals surface area contributed by atoms with E-state index in [1.165, 1.54) is 99.5 Å². The average molecular weight is 1330 g/mol. The summed E-state index contributed by atoms with van der Waals surface area (Å²) in [4.78, 5) is 0. The number of hydrogen-bond acceptors (Lipinski definition) is 35. The Morgan fingerprint density at radius 3 is 0.385 bits per heavy atom. The van der Waals surface area contributed by atoms with Crippen molar-refractivity contribution in [2.75, 3.05) is 146 Å². The number of methoxy groups -OCH3 is 14. The van der Waals surface area contributed by atoms with E-state index >= 15 is 0 Å². The number of aliphatic hydroxyl groups is 7. The summed E-state index contributed by atoms with van der Waals surface area (Å²) in [6, 6.07) is 0. The van der Waals surface area contributed by atoms with E-state index in [9.17, 15) is 35.7 Å². The molecule has 0 spiro atoms. The Balaban J connectivity index is 1.17. The van der Waals surface area contributed by atoms with E-state index in [0.717, 1.165) is 0 Å². The molecule has 35 heteroatoms. The van der Waals surface area contributed by atoms with Crippen LogP contribution < -0.4 is 0 Å². The normalized spacial score (nSPS) is 48.7. The summed E-state index contributed by atoms with van der Waals surface area (Å²) < 4.78 is 171. The SMILES string of the molecule is COC[C@H]1O[C@@H]2O[C@H]3C(O)[C@@H](OC)[C@@H](O[C@H]4[C@H](O)[C@@H](OC)[C@H](O[C@@H]4COC)O[C@H]4C(O)[C@@H](OC)[C@@H](O[C@H]5[C@H](O)[C@@H](OC)[C@@H](O[C@H]6[C@H](O)[C@@H](OC)[C@@H](O[C@H]7[C@H](O)[C@@H](OC)[C@@H](O[C@H]1[C@H](O)[C@H]2OC)O[C@@H]7COC)O[C@@H]6COC)O[C@@H]5COC)O[C@@H]4COC)O[C@@H]3COC. The van der Waals surface area contributed by atoms with Crippen LogP contribution in [0.2, 0.25) is 0 Å². The van der Waals surface area contributed by atoms with Gasteiger partial charge in [0.2, 0.25) is 0 Å². The van der Waals surface area contributed by atoms with E-state index in [1.54, 1.807) is 0 Å². The van der Waals surface area contributed by atoms with Gasteiger partial charge in [-0.05, 0) is 0 Å². The van der Waals surface area contributed by atoms with Crippen LogP contribution in [-0.2, 0) is 133 Å². The number of ether oxygens (including phenoxy) is 28. The summed E-state index contributed by atoms with van der Waals surface area (Å²) in [7, 11) is 18.7. The lowest BCUT2D eigenvalue weighted by Gasteiger charge is -2.51. The van der Waals surface area contributed by atoms with Gasteiger partial charge in [-0.25, -0.2) is 0 Å². The molecule has 0 amide bonds. The third kappa shape index (κ3) is 16.3. The first kappa shape index (κ1) is 75.4. The van der Waals surface area contributed by atoms with Gasteiger partial charge in [-0.2, -0.15) is 0 Å². The van der Waals surface area contributed by atoms with Crippen LogP contribution in [0.5, 0.6) is 0 Å². The van der Waals surface area contributed by atoms with E-state index in [1.807, 2.05) is 0 Å². The van der Waals surface area contributed by atoms with Gasteiger partial charge in [0, 0.05) is 99.5 Å². The Morgan fingerprint density at radius 1 is 0.187 bits per heavy atom. The predicted molar refractivity (Wildman–Crippen MR) is 295 cm³/mol. The van der Waals surface area contributed by atoms with Crippen LogP contribution in [0.3, 0.4) is 0 Å². The van der Waals surface area contributed by atoms with Gasteiger partial charge in [0.05, 0.1) is 46.2 Å². The summed E-state index contributed by atoms with van der Waals surface area (Å²) in [5.41, 5.74) is 0. The lowest BCUT2D eigenvalue weighted by molar-refractivity contribution is -0.400. The van der Waals surface area contributed by atoms with Crippen molar-refractivity contribution in [2.45, 2.75) is 215 Å². The van der Waals surface area contributed by atoms with Crippen molar-refractivity contribution in [3.63, 3.8) is 0 Å². The quantitative estimate of drug-likeness (QED) is 0.0562. The fraction of sp³-hybridized carbons (Fsp3) is 1.00. The van der Waals surface area contributed by atoms with E-state index in [0.29, 0.717) is 0 Å². The summed E-state index contributed by atoms with van der Waals surface area (Å²) in [6.45, 7) is -1.59. The third-order valence-electron chi connectivity index (χ3n) is 17.6. The minimum atomic E-state index is -1.62. The Kier molecular flexibility index (Phi) is 29.3. The fourth-order valence-electron chi connectivity index (χ4n) is 13.1. The Bertz CT molecular complexity index is 1680. The average Bonchev–Trinajstić information content (AvgIpc) is 0.804. The van der Waals surface area contributed by atoms with Crippen LogP contribution in [0, 0.1) is 0 Å². The molecule has 91 heavy (non-hydrogen) atoms. The molecule has 0 aliphatic carbocycles. The lowest BCUT2D eigenvalue weighted by Crippen LogP contribution is -2.69. The molecule has 35 atom stereocenters. The van der Waals surface area contributed by atoms with Gasteiger partial charge in [-0.15, -0.1) is 0 Å². The Morgan fingerprint density at radius 2 is 0.297 bits per heavy atom. The molecule has 21 saturated heterocycles. The van der Waals surface area contributed by atoms with Crippen LogP contribution >= 0.6 is 0 Å². The fourth-order valence-corrected chi connectivity index (χ4v) is 13.1. The predicted octanol–water partition coefficient (Wildman–Crippen LogP) is -6.07. The Hall–Kier alpha value is -1.40. The molecule has 0 aromatic carbocycles. The van der Waals surface area contributed by atoms with E-state index < -0.39 is 215 Å². The summed E-state index contributed by atoms with van der Waals surface area (Å²) >= 11 is 0. The minimum absolute atomic E-state index is 0.227. The first-order valence-corrected chi connectivity index (χ1v) is 30.0. The molecule has 0 aromatic heterocycles. The first-order valence-electron chi connectivity index (χ1n) is 30.0. The number of rotatable bonds is 21. The molecule has 21 heterocycles. The zero-order valence-corrected chi connectivity index (χ0v) is 53.7. The van der Waals surface area contributed by atoms with E-state index in [2.05, 4.69) is 0 Å². The molecule has 0 radical (unpaired) electrons. The number of hydrogen-bond donors (Lipinski definition) is 7. The maximum Gasteiger partial charge on any atom is 0.187 e. The molecule has 2 unspecified atom stereocenters. The summed E-state index contributed by atoms with van der Waals surface area (Å²) in [6.07, 6.45) is -49.4. The third-order valence-corrected chi connectivity index (χ3v) is 17.6. The van der Waals surface area contributed by atoms with Gasteiger partial charge >= 0.3 is 0 Å². The van der Waals surface area contributed by atoms with Crippen molar-refractivity contribution in [3.05, 3.63) is 0 Å². The molecule has 7 N–H and O–H groups in total. The maximum absolute atomic E-state index is 12.3. The highest BCUT2D eigenvalue weighted by molar-refractivity contribution is 5.03. The second-order valence-corrected chi connectivity index (χ2v) is 23.0. The lowest BCUT2D eigenvalue weighted by atomic mass is 9.95. The molecular formula is C56H98O35. The van der Waals surface area contributed by atoms with Crippen molar-refractivity contribution in [3.8, 4) is 0 Å². The summed E-state index contributed by atoms with van der Waals surface area (Å²) in [5.74, 6) is 0. The van der Waals surface area contributed by atoms with Crippen molar-refractivity contribution in [1.82, 2.24) is 0 Å². The maximum atomic E-state index is 12.3. The molecule has 21 aliphatic heterocycles. The van der Waals surface area contributed by atoms with Gasteiger partial charge < -0.3 is 168 Å². The van der Waals surface area contributed by atoms with Crippen molar-refractivity contribution < 1.29 is 168 Å². The highest BCUT2D eigenvalue weighted by atomic mass is 16.8. The Labute approximate surface area is 528 Å². The van der Waals surface area contributed by atoms with Crippen LogP contribution in [0.25, 0.3) is 0 Å². The molecule has 21 fully saturated rings. The van der Waals surface area contributed by atoms with Gasteiger partial charge in [-0.1, -0.05) is 0 Å². The van der Waals surface area contributed by atoms with Gasteiger partial charge in [0.25, 0.3) is 0 Å². The van der Waals surface area contributed by atoms with Crippen LogP contribution in [-0.4, -0.2) is 396 Å². The molecule has 21 aliphatic rings. The second-order valence-electron chi connectivity index (χ2n) is 23.0. The molecule has 532 valence electrons. The van der Waals surface area contributed by atoms with E-state index in [-0.39, 0.29) is 46.2 Å². The van der Waals surface area contributed by atoms with Crippen molar-refractivity contribution in [1.29, 1.82) is 0 Å². The zero-order chi connectivity index (χ0) is 66.0. The smallest absolute Gasteiger partial charge is 0.187 e. The van der Waals surface area contributed by atoms with Crippen LogP contribution in [0.15, 0.2) is 0 Å². The zero-order valence-electron chi connectivity index (χ0n) is 53.7. The monoisotopic (exact) mass is 1330 g/mol. The standard InChI is InChI=1S/C56H98O35/c1-64-15-22-36-29(57)43(71-8)50(78-22)86-37-23(16-65-2)80-52(45(73-10)30(37)58)88-39-25(18-67-4)82-54(47(75-12)32(39)60)90-41-27(20-69-6)84-56(49(77-14)34(41)62)91-42-28(21-70-7)83-55(48(76-13)35(42)63)89-40-26(19-68-5)81-53(46(74-11)33(40)61)87-38-24(17-66-3)79-51(85-36)44(72-9)31(38)59/h22-63H,15-21H2,1-14H3/t22-,23-,24-,25-,26-,27-,28-,29+,30+,31+,32+,33?,34?,35+,36-,37-,38-,39-,40-,41-,42-,43-,44-,45-,46-,47-,48-,49-,50-,51-,52-,53-,54-,55-,56-/m1/s1. The van der Waals surface area contributed by atoms with Gasteiger partial charge in [-0.3, -0.25) is 0 Å². The molecule has 14 bridgehead atoms. The highest BCUT2D eigenvalue weighted by Gasteiger charge is 2.61. The van der Waals surface area contributed by atoms with Crippen molar-refractivity contribution >= 4 is 0 Å². The second kappa shape index (κ2) is 35.4. The minimum Gasteiger partial charge on any atom is -0.387 e. The van der Waals surface area contributed by atoms with Gasteiger partial charge in [0.1, 0.15) is 171 Å². The largest absolute Gasteiger partial charge is 0.387 e. The van der Waals surface area contributed by atoms with Crippen LogP contribution in [0.1, 0.15) is 0 Å². The van der Waals surface area contributed by atoms with Gasteiger partial charge in [0.15, 0.2) is 44.0 Å². The topological polar surface area (TPSA) is 400 Å². The van der Waals surface area contributed by atoms with Crippen molar-refractivity contribution in [2.24, 2.45) is 0 Å².